The molecule has 3 rings (SSSR count). The molecule has 26 heavy (non-hydrogen) atoms. The molecule has 0 unspecified atom stereocenters. The average Bonchev–Trinajstić information content (AvgIpc) is 3.15. The zero-order chi connectivity index (χ0) is 18.4. The summed E-state index contributed by atoms with van der Waals surface area (Å²) in [6.07, 6.45) is 2.34. The van der Waals surface area contributed by atoms with Gasteiger partial charge in [-0.1, -0.05) is 53.6 Å². The van der Waals surface area contributed by atoms with Crippen molar-refractivity contribution in [2.24, 2.45) is 0 Å². The second-order valence-corrected chi connectivity index (χ2v) is 6.75. The SMILES string of the molecule is CCc1nc(-c2cccnc2SCC(=O)NCc2ccccc2Cl)no1. The quantitative estimate of drug-likeness (QED) is 0.621. The van der Waals surface area contributed by atoms with Crippen LogP contribution in [0.1, 0.15) is 18.4 Å². The van der Waals surface area contributed by atoms with Crippen molar-refractivity contribution in [3.05, 3.63) is 59.1 Å². The summed E-state index contributed by atoms with van der Waals surface area (Å²) in [5.74, 6) is 1.17. The van der Waals surface area contributed by atoms with Crippen molar-refractivity contribution in [1.82, 2.24) is 20.4 Å². The summed E-state index contributed by atoms with van der Waals surface area (Å²) in [6.45, 7) is 2.33. The summed E-state index contributed by atoms with van der Waals surface area (Å²) in [5, 5.41) is 8.16. The molecule has 0 atom stereocenters. The smallest absolute Gasteiger partial charge is 0.230 e. The van der Waals surface area contributed by atoms with E-state index in [0.717, 1.165) is 11.1 Å². The van der Waals surface area contributed by atoms with Gasteiger partial charge in [-0.2, -0.15) is 4.98 Å². The summed E-state index contributed by atoms with van der Waals surface area (Å²) in [4.78, 5) is 20.8. The number of nitrogens with one attached hydrogen (secondary N) is 1. The summed E-state index contributed by atoms with van der Waals surface area (Å²) in [7, 11) is 0. The van der Waals surface area contributed by atoms with Gasteiger partial charge in [0.1, 0.15) is 5.03 Å². The maximum absolute atomic E-state index is 12.1. The lowest BCUT2D eigenvalue weighted by Crippen LogP contribution is -2.24. The molecular weight excluding hydrogens is 372 g/mol. The molecule has 0 saturated carbocycles. The van der Waals surface area contributed by atoms with E-state index in [1.807, 2.05) is 31.2 Å². The van der Waals surface area contributed by atoms with E-state index in [1.54, 1.807) is 18.3 Å². The first-order chi connectivity index (χ1) is 12.7. The molecule has 8 heteroatoms. The molecule has 134 valence electrons. The minimum Gasteiger partial charge on any atom is -0.351 e. The van der Waals surface area contributed by atoms with E-state index in [2.05, 4.69) is 20.4 Å². The van der Waals surface area contributed by atoms with E-state index < -0.39 is 0 Å². The fraction of sp³-hybridized carbons (Fsp3) is 0.222. The van der Waals surface area contributed by atoms with Gasteiger partial charge in [-0.25, -0.2) is 4.98 Å². The number of nitrogens with zero attached hydrogens (tertiary/aromatic N) is 3. The number of rotatable bonds is 7. The third-order valence-electron chi connectivity index (χ3n) is 3.56. The lowest BCUT2D eigenvalue weighted by molar-refractivity contribution is -0.118. The Morgan fingerprint density at radius 1 is 1.27 bits per heavy atom. The Labute approximate surface area is 160 Å². The Bertz CT molecular complexity index is 900. The largest absolute Gasteiger partial charge is 0.351 e. The fourth-order valence-corrected chi connectivity index (χ4v) is 3.23. The van der Waals surface area contributed by atoms with Crippen LogP contribution < -0.4 is 5.32 Å². The molecule has 1 N–H and O–H groups in total. The van der Waals surface area contributed by atoms with Gasteiger partial charge in [0.05, 0.1) is 11.3 Å². The number of thioether (sulfide) groups is 1. The van der Waals surface area contributed by atoms with Crippen LogP contribution in [0.25, 0.3) is 11.4 Å². The van der Waals surface area contributed by atoms with Crippen LogP contribution in [0.2, 0.25) is 5.02 Å². The maximum atomic E-state index is 12.1. The summed E-state index contributed by atoms with van der Waals surface area (Å²) in [5.41, 5.74) is 1.63. The van der Waals surface area contributed by atoms with Gasteiger partial charge in [0, 0.05) is 24.2 Å². The molecule has 0 spiro atoms. The molecule has 0 aliphatic rings. The van der Waals surface area contributed by atoms with Crippen molar-refractivity contribution in [3.63, 3.8) is 0 Å². The topological polar surface area (TPSA) is 80.9 Å². The van der Waals surface area contributed by atoms with Gasteiger partial charge < -0.3 is 9.84 Å². The van der Waals surface area contributed by atoms with Gasteiger partial charge in [-0.15, -0.1) is 0 Å². The Morgan fingerprint density at radius 3 is 2.88 bits per heavy atom. The summed E-state index contributed by atoms with van der Waals surface area (Å²) in [6, 6.07) is 11.1. The number of hydrogen-bond donors (Lipinski definition) is 1. The van der Waals surface area contributed by atoms with Gasteiger partial charge in [0.15, 0.2) is 0 Å². The number of halogens is 1. The highest BCUT2D eigenvalue weighted by Gasteiger charge is 2.14. The van der Waals surface area contributed by atoms with E-state index in [-0.39, 0.29) is 11.7 Å². The van der Waals surface area contributed by atoms with Crippen LogP contribution in [0.3, 0.4) is 0 Å². The number of benzene rings is 1. The van der Waals surface area contributed by atoms with Crippen LogP contribution in [0.4, 0.5) is 0 Å². The first kappa shape index (κ1) is 18.4. The highest BCUT2D eigenvalue weighted by molar-refractivity contribution is 8.00. The number of hydrogen-bond acceptors (Lipinski definition) is 6. The molecule has 2 aromatic heterocycles. The van der Waals surface area contributed by atoms with Crippen molar-refractivity contribution in [2.45, 2.75) is 24.9 Å². The van der Waals surface area contributed by atoms with E-state index >= 15 is 0 Å². The summed E-state index contributed by atoms with van der Waals surface area (Å²) < 4.78 is 5.16. The standard InChI is InChI=1S/C18H17ClN4O2S/c1-2-16-22-17(23-25-16)13-7-5-9-20-18(13)26-11-15(24)21-10-12-6-3-4-8-14(12)19/h3-9H,2,10-11H2,1H3,(H,21,24). The predicted octanol–water partition coefficient (Wildman–Crippen LogP) is 3.76. The third-order valence-corrected chi connectivity index (χ3v) is 4.93. The first-order valence-corrected chi connectivity index (χ1v) is 9.44. The van der Waals surface area contributed by atoms with Gasteiger partial charge >= 0.3 is 0 Å². The van der Waals surface area contributed by atoms with Crippen LogP contribution in [0.15, 0.2) is 52.1 Å². The van der Waals surface area contributed by atoms with Crippen molar-refractivity contribution in [3.8, 4) is 11.4 Å². The van der Waals surface area contributed by atoms with Crippen LogP contribution in [0.5, 0.6) is 0 Å². The zero-order valence-electron chi connectivity index (χ0n) is 14.1. The fourth-order valence-electron chi connectivity index (χ4n) is 2.20. The van der Waals surface area contributed by atoms with Crippen LogP contribution in [-0.2, 0) is 17.8 Å². The van der Waals surface area contributed by atoms with Gasteiger partial charge in [-0.05, 0) is 23.8 Å². The average molecular weight is 389 g/mol. The van der Waals surface area contributed by atoms with Crippen LogP contribution >= 0.6 is 23.4 Å². The zero-order valence-corrected chi connectivity index (χ0v) is 15.7. The number of carbonyl (C=O) groups is 1. The highest BCUT2D eigenvalue weighted by atomic mass is 35.5. The third kappa shape index (κ3) is 4.62. The number of amides is 1. The Balaban J connectivity index is 1.61. The first-order valence-electron chi connectivity index (χ1n) is 8.08. The summed E-state index contributed by atoms with van der Waals surface area (Å²) >= 11 is 7.42. The Kier molecular flexibility index (Phi) is 6.25. The van der Waals surface area contributed by atoms with E-state index in [4.69, 9.17) is 16.1 Å². The molecular formula is C18H17ClN4O2S. The highest BCUT2D eigenvalue weighted by Crippen LogP contribution is 2.27. The number of aromatic nitrogens is 3. The van der Waals surface area contributed by atoms with E-state index in [1.165, 1.54) is 11.8 Å². The molecule has 0 saturated heterocycles. The van der Waals surface area contributed by atoms with E-state index in [0.29, 0.717) is 34.7 Å². The van der Waals surface area contributed by atoms with E-state index in [9.17, 15) is 4.79 Å². The maximum Gasteiger partial charge on any atom is 0.230 e. The van der Waals surface area contributed by atoms with Crippen LogP contribution in [-0.4, -0.2) is 26.8 Å². The number of aryl methyl sites for hydroxylation is 1. The Hall–Kier alpha value is -2.38. The lowest BCUT2D eigenvalue weighted by Gasteiger charge is -2.07. The number of pyridine rings is 1. The minimum absolute atomic E-state index is 0.103. The van der Waals surface area contributed by atoms with Crippen molar-refractivity contribution in [2.75, 3.05) is 5.75 Å². The molecule has 2 heterocycles. The number of carbonyl (C=O) groups excluding carboxylic acids is 1. The van der Waals surface area contributed by atoms with Crippen LogP contribution in [0, 0.1) is 0 Å². The molecule has 0 aliphatic carbocycles. The molecule has 6 nitrogen and oxygen atoms in total. The molecule has 0 fully saturated rings. The Morgan fingerprint density at radius 2 is 2.12 bits per heavy atom. The minimum atomic E-state index is -0.103. The van der Waals surface area contributed by atoms with Crippen molar-refractivity contribution in [1.29, 1.82) is 0 Å². The van der Waals surface area contributed by atoms with Gasteiger partial charge in [-0.3, -0.25) is 4.79 Å². The second-order valence-electron chi connectivity index (χ2n) is 5.38. The van der Waals surface area contributed by atoms with Crippen molar-refractivity contribution >= 4 is 29.3 Å². The molecule has 1 amide bonds. The lowest BCUT2D eigenvalue weighted by atomic mass is 10.2. The van der Waals surface area contributed by atoms with Gasteiger partial charge in [0.2, 0.25) is 17.6 Å². The second kappa shape index (κ2) is 8.82. The van der Waals surface area contributed by atoms with Crippen molar-refractivity contribution < 1.29 is 9.32 Å². The normalized spacial score (nSPS) is 10.7. The monoisotopic (exact) mass is 388 g/mol. The molecule has 0 aliphatic heterocycles. The molecule has 0 radical (unpaired) electrons. The molecule has 1 aromatic carbocycles. The molecule has 0 bridgehead atoms. The van der Waals surface area contributed by atoms with Gasteiger partial charge in [0.25, 0.3) is 0 Å². The predicted molar refractivity (Wildman–Crippen MR) is 101 cm³/mol. The molecule has 3 aromatic rings.